The molecule has 3 aromatic rings. The van der Waals surface area contributed by atoms with Gasteiger partial charge >= 0.3 is 0 Å². The molecule has 6 rings (SSSR count). The Kier molecular flexibility index (Phi) is 5.47. The first kappa shape index (κ1) is 20.2. The van der Waals surface area contributed by atoms with Gasteiger partial charge in [-0.05, 0) is 61.1 Å². The average Bonchev–Trinajstić information content (AvgIpc) is 2.82. The van der Waals surface area contributed by atoms with E-state index in [0.717, 1.165) is 36.0 Å². The maximum Gasteiger partial charge on any atom is 0.270 e. The maximum atomic E-state index is 13.2. The summed E-state index contributed by atoms with van der Waals surface area (Å²) in [7, 11) is 0. The minimum absolute atomic E-state index is 0.172. The van der Waals surface area contributed by atoms with Gasteiger partial charge in [-0.25, -0.2) is 0 Å². The van der Waals surface area contributed by atoms with Crippen LogP contribution in [-0.2, 0) is 0 Å². The minimum atomic E-state index is -0.212. The number of para-hydroxylation sites is 1. The molecule has 3 saturated heterocycles. The number of hydrogen-bond donors (Lipinski definition) is 1. The van der Waals surface area contributed by atoms with E-state index in [4.69, 9.17) is 11.6 Å². The third kappa shape index (κ3) is 3.84. The van der Waals surface area contributed by atoms with E-state index >= 15 is 0 Å². The average molecular weight is 433 g/mol. The van der Waals surface area contributed by atoms with E-state index in [1.54, 1.807) is 18.3 Å². The lowest BCUT2D eigenvalue weighted by Crippen LogP contribution is -2.57. The number of fused-ring (bicyclic) bond motifs is 4. The molecule has 0 aliphatic carbocycles. The number of carbonyl (C=O) groups is 1. The summed E-state index contributed by atoms with van der Waals surface area (Å²) < 4.78 is 0. The van der Waals surface area contributed by atoms with Crippen LogP contribution in [-0.4, -0.2) is 39.9 Å². The van der Waals surface area contributed by atoms with Crippen molar-refractivity contribution in [3.63, 3.8) is 0 Å². The van der Waals surface area contributed by atoms with Crippen LogP contribution >= 0.6 is 11.6 Å². The van der Waals surface area contributed by atoms with Crippen LogP contribution in [0.5, 0.6) is 0 Å². The molecule has 0 radical (unpaired) electrons. The number of benzene rings is 1. The van der Waals surface area contributed by atoms with Gasteiger partial charge in [0, 0.05) is 35.4 Å². The van der Waals surface area contributed by atoms with Crippen molar-refractivity contribution in [3.8, 4) is 0 Å². The van der Waals surface area contributed by atoms with Gasteiger partial charge in [-0.3, -0.25) is 19.7 Å². The normalized spacial score (nSPS) is 25.8. The highest BCUT2D eigenvalue weighted by molar-refractivity contribution is 6.30. The van der Waals surface area contributed by atoms with Crippen molar-refractivity contribution in [1.29, 1.82) is 0 Å². The first-order valence-electron chi connectivity index (χ1n) is 10.8. The highest BCUT2D eigenvalue weighted by Gasteiger charge is 2.43. The molecule has 0 saturated carbocycles. The molecule has 1 unspecified atom stereocenters. The second kappa shape index (κ2) is 8.40. The van der Waals surface area contributed by atoms with Crippen molar-refractivity contribution in [2.75, 3.05) is 13.1 Å². The number of amides is 1. The number of carbonyl (C=O) groups excluding carboxylic acids is 1. The molecule has 6 heteroatoms. The van der Waals surface area contributed by atoms with Crippen molar-refractivity contribution in [2.45, 2.75) is 24.9 Å². The second-order valence-corrected chi connectivity index (χ2v) is 8.91. The Morgan fingerprint density at radius 2 is 2.06 bits per heavy atom. The Balaban J connectivity index is 1.54. The molecule has 5 heterocycles. The Hall–Kier alpha value is -2.76. The lowest BCUT2D eigenvalue weighted by Gasteiger charge is -2.51. The molecule has 1 aromatic carbocycles. The number of nitrogens with zero attached hydrogens (tertiary/aromatic N) is 3. The Bertz CT molecular complexity index is 1130. The summed E-state index contributed by atoms with van der Waals surface area (Å²) in [6.07, 6.45) is 7.70. The molecule has 0 spiro atoms. The number of rotatable bonds is 5. The maximum absolute atomic E-state index is 13.2. The zero-order valence-electron chi connectivity index (χ0n) is 17.2. The monoisotopic (exact) mass is 432 g/mol. The van der Waals surface area contributed by atoms with Crippen LogP contribution in [0.4, 0.5) is 0 Å². The second-order valence-electron chi connectivity index (χ2n) is 8.47. The standard InChI is InChI=1S/C25H25ClN4O/c1-2-16-15-30-12-9-17(16)13-23(30)24(29-25(31)22-14-18(26)7-10-28-22)20-8-11-27-21-6-4-3-5-19(20)21/h2-8,10-11,14,16-17,23-24H,1,9,12-13,15H2,(H,29,31)/t16-,17-,23-,24-/m0/s1. The molecule has 5 atom stereocenters. The Labute approximate surface area is 187 Å². The number of nitrogens with one attached hydrogen (secondary N) is 1. The Morgan fingerprint density at radius 3 is 2.84 bits per heavy atom. The molecule has 3 fully saturated rings. The van der Waals surface area contributed by atoms with Crippen LogP contribution in [0.25, 0.3) is 10.9 Å². The lowest BCUT2D eigenvalue weighted by molar-refractivity contribution is 0.00167. The Morgan fingerprint density at radius 1 is 1.23 bits per heavy atom. The predicted molar refractivity (Wildman–Crippen MR) is 123 cm³/mol. The van der Waals surface area contributed by atoms with Gasteiger partial charge in [-0.2, -0.15) is 0 Å². The molecule has 158 valence electrons. The quantitative estimate of drug-likeness (QED) is 0.596. The minimum Gasteiger partial charge on any atom is -0.342 e. The molecule has 5 nitrogen and oxygen atoms in total. The zero-order chi connectivity index (χ0) is 21.4. The number of pyridine rings is 2. The van der Waals surface area contributed by atoms with E-state index < -0.39 is 0 Å². The fourth-order valence-corrected chi connectivity index (χ4v) is 5.40. The van der Waals surface area contributed by atoms with Gasteiger partial charge in [-0.1, -0.05) is 35.9 Å². The molecule has 2 bridgehead atoms. The summed E-state index contributed by atoms with van der Waals surface area (Å²) in [6.45, 7) is 6.08. The fourth-order valence-electron chi connectivity index (χ4n) is 5.24. The number of piperidine rings is 3. The highest BCUT2D eigenvalue weighted by Crippen LogP contribution is 2.42. The SMILES string of the molecule is C=C[C@H]1CN2CC[C@H]1C[C@H]2[C@@H](NC(=O)c1cc(Cl)ccn1)c1ccnc2ccccc12. The van der Waals surface area contributed by atoms with E-state index in [2.05, 4.69) is 38.9 Å². The molecular weight excluding hydrogens is 408 g/mol. The van der Waals surface area contributed by atoms with E-state index in [1.165, 1.54) is 6.42 Å². The van der Waals surface area contributed by atoms with Gasteiger partial charge in [0.05, 0.1) is 11.6 Å². The third-order valence-electron chi connectivity index (χ3n) is 6.80. The topological polar surface area (TPSA) is 58.1 Å². The molecule has 1 amide bonds. The lowest BCUT2D eigenvalue weighted by atomic mass is 9.73. The van der Waals surface area contributed by atoms with Crippen LogP contribution in [0.2, 0.25) is 5.02 Å². The van der Waals surface area contributed by atoms with Crippen molar-refractivity contribution >= 4 is 28.4 Å². The molecule has 3 aliphatic rings. The van der Waals surface area contributed by atoms with Gasteiger partial charge in [0.1, 0.15) is 5.69 Å². The van der Waals surface area contributed by atoms with E-state index in [-0.39, 0.29) is 18.0 Å². The smallest absolute Gasteiger partial charge is 0.270 e. The van der Waals surface area contributed by atoms with Crippen molar-refractivity contribution in [3.05, 3.63) is 83.8 Å². The van der Waals surface area contributed by atoms with Gasteiger partial charge in [0.2, 0.25) is 0 Å². The summed E-state index contributed by atoms with van der Waals surface area (Å²) >= 11 is 6.11. The van der Waals surface area contributed by atoms with Gasteiger partial charge in [0.15, 0.2) is 0 Å². The van der Waals surface area contributed by atoms with Gasteiger partial charge in [-0.15, -0.1) is 6.58 Å². The highest BCUT2D eigenvalue weighted by atomic mass is 35.5. The summed E-state index contributed by atoms with van der Waals surface area (Å²) in [5, 5.41) is 4.87. The number of hydrogen-bond acceptors (Lipinski definition) is 4. The number of aromatic nitrogens is 2. The summed E-state index contributed by atoms with van der Waals surface area (Å²) in [6, 6.07) is 13.5. The van der Waals surface area contributed by atoms with Crippen molar-refractivity contribution in [1.82, 2.24) is 20.2 Å². The fraction of sp³-hybridized carbons (Fsp3) is 0.320. The molecule has 31 heavy (non-hydrogen) atoms. The van der Waals surface area contributed by atoms with Crippen molar-refractivity contribution in [2.24, 2.45) is 11.8 Å². The zero-order valence-corrected chi connectivity index (χ0v) is 18.0. The molecule has 1 N–H and O–H groups in total. The first-order chi connectivity index (χ1) is 15.1. The van der Waals surface area contributed by atoms with E-state index in [1.807, 2.05) is 30.5 Å². The third-order valence-corrected chi connectivity index (χ3v) is 7.03. The van der Waals surface area contributed by atoms with Crippen LogP contribution in [0.15, 0.2) is 67.5 Å². The van der Waals surface area contributed by atoms with Crippen LogP contribution < -0.4 is 5.32 Å². The largest absolute Gasteiger partial charge is 0.342 e. The van der Waals surface area contributed by atoms with Gasteiger partial charge in [0.25, 0.3) is 5.91 Å². The van der Waals surface area contributed by atoms with Crippen LogP contribution in [0.1, 0.15) is 34.9 Å². The molecule has 3 aliphatic heterocycles. The summed E-state index contributed by atoms with van der Waals surface area (Å²) in [5.74, 6) is 0.908. The number of halogens is 1. The molecule has 2 aromatic heterocycles. The van der Waals surface area contributed by atoms with Crippen molar-refractivity contribution < 1.29 is 4.79 Å². The first-order valence-corrected chi connectivity index (χ1v) is 11.1. The molecular formula is C25H25ClN4O. The van der Waals surface area contributed by atoms with Gasteiger partial charge < -0.3 is 5.32 Å². The van der Waals surface area contributed by atoms with Crippen LogP contribution in [0, 0.1) is 11.8 Å². The predicted octanol–water partition coefficient (Wildman–Crippen LogP) is 4.65. The van der Waals surface area contributed by atoms with E-state index in [0.29, 0.717) is 22.6 Å². The summed E-state index contributed by atoms with van der Waals surface area (Å²) in [4.78, 5) is 24.5. The van der Waals surface area contributed by atoms with E-state index in [9.17, 15) is 4.79 Å². The summed E-state index contributed by atoms with van der Waals surface area (Å²) in [5.41, 5.74) is 2.35. The van der Waals surface area contributed by atoms with Crippen LogP contribution in [0.3, 0.4) is 0 Å².